The van der Waals surface area contributed by atoms with Crippen LogP contribution in [0.3, 0.4) is 0 Å². The highest BCUT2D eigenvalue weighted by Crippen LogP contribution is 2.19. The van der Waals surface area contributed by atoms with Crippen LogP contribution in [-0.2, 0) is 19.1 Å². The quantitative estimate of drug-likeness (QED) is 0.611. The normalized spacial score (nSPS) is 15.2. The molecule has 25 heavy (non-hydrogen) atoms. The molecule has 1 aromatic carbocycles. The van der Waals surface area contributed by atoms with Crippen molar-refractivity contribution >= 4 is 23.9 Å². The summed E-state index contributed by atoms with van der Waals surface area (Å²) in [6, 6.07) is 7.24. The Hall–Kier alpha value is -2.83. The minimum Gasteiger partial charge on any atom is -0.496 e. The van der Waals surface area contributed by atoms with Crippen LogP contribution in [-0.4, -0.2) is 49.5 Å². The van der Waals surface area contributed by atoms with Crippen molar-refractivity contribution in [2.45, 2.75) is 12.8 Å². The molecule has 0 bridgehead atoms. The molecule has 0 radical (unpaired) electrons. The van der Waals surface area contributed by atoms with Crippen LogP contribution in [0.4, 0.5) is 0 Å². The van der Waals surface area contributed by atoms with Crippen LogP contribution in [0.25, 0.3) is 6.08 Å². The van der Waals surface area contributed by atoms with Gasteiger partial charge in [-0.05, 0) is 25.0 Å². The Balaban J connectivity index is 1.79. The second kappa shape index (κ2) is 8.86. The zero-order valence-electron chi connectivity index (χ0n) is 14.1. The van der Waals surface area contributed by atoms with Crippen molar-refractivity contribution in [2.75, 3.05) is 26.8 Å². The second-order valence-corrected chi connectivity index (χ2v) is 5.74. The first-order chi connectivity index (χ1) is 12.0. The number of carbonyl (C=O) groups excluding carboxylic acids is 3. The Labute approximate surface area is 146 Å². The van der Waals surface area contributed by atoms with Gasteiger partial charge in [0.25, 0.3) is 5.91 Å². The summed E-state index contributed by atoms with van der Waals surface area (Å²) in [6.45, 7) is 0.568. The van der Waals surface area contributed by atoms with Crippen molar-refractivity contribution in [3.63, 3.8) is 0 Å². The summed E-state index contributed by atoms with van der Waals surface area (Å²) < 4.78 is 10.2. The molecule has 7 heteroatoms. The van der Waals surface area contributed by atoms with Gasteiger partial charge in [0.2, 0.25) is 5.91 Å². The lowest BCUT2D eigenvalue weighted by molar-refractivity contribution is -0.149. The number of nitrogens with zero attached hydrogens (tertiary/aromatic N) is 1. The molecule has 134 valence electrons. The van der Waals surface area contributed by atoms with Crippen molar-refractivity contribution in [1.29, 1.82) is 0 Å². The van der Waals surface area contributed by atoms with E-state index in [2.05, 4.69) is 0 Å². The fourth-order valence-electron chi connectivity index (χ4n) is 2.65. The van der Waals surface area contributed by atoms with Gasteiger partial charge in [0.05, 0.1) is 7.11 Å². The Morgan fingerprint density at radius 2 is 1.92 bits per heavy atom. The first-order valence-electron chi connectivity index (χ1n) is 8.06. The number of nitrogens with two attached hydrogens (primary N) is 1. The summed E-state index contributed by atoms with van der Waals surface area (Å²) in [4.78, 5) is 36.5. The minimum atomic E-state index is -0.605. The van der Waals surface area contributed by atoms with E-state index in [0.717, 1.165) is 5.56 Å². The smallest absolute Gasteiger partial charge is 0.331 e. The van der Waals surface area contributed by atoms with Gasteiger partial charge in [-0.3, -0.25) is 9.59 Å². The molecule has 1 fully saturated rings. The van der Waals surface area contributed by atoms with Crippen LogP contribution in [0.15, 0.2) is 30.3 Å². The number of hydrogen-bond acceptors (Lipinski definition) is 5. The molecule has 0 aliphatic carbocycles. The Bertz CT molecular complexity index is 663. The van der Waals surface area contributed by atoms with E-state index in [0.29, 0.717) is 31.7 Å². The number of esters is 1. The standard InChI is InChI=1S/C18H22N2O5/c1-24-15-5-3-2-4-13(15)6-7-17(22)25-12-16(21)20-10-8-14(9-11-20)18(19)23/h2-7,14H,8-12H2,1H3,(H2,19,23)/b7-6+. The lowest BCUT2D eigenvalue weighted by Gasteiger charge is -2.30. The average Bonchev–Trinajstić information content (AvgIpc) is 2.64. The van der Waals surface area contributed by atoms with E-state index in [4.69, 9.17) is 15.2 Å². The molecule has 0 saturated carbocycles. The van der Waals surface area contributed by atoms with Crippen LogP contribution < -0.4 is 10.5 Å². The van der Waals surface area contributed by atoms with Crippen molar-refractivity contribution in [3.05, 3.63) is 35.9 Å². The summed E-state index contributed by atoms with van der Waals surface area (Å²) in [5.41, 5.74) is 6.00. The number of ether oxygens (including phenoxy) is 2. The number of methoxy groups -OCH3 is 1. The lowest BCUT2D eigenvalue weighted by Crippen LogP contribution is -2.43. The summed E-state index contributed by atoms with van der Waals surface area (Å²) in [5, 5.41) is 0. The van der Waals surface area contributed by atoms with Crippen molar-refractivity contribution in [1.82, 2.24) is 4.90 Å². The summed E-state index contributed by atoms with van der Waals surface area (Å²) in [6.07, 6.45) is 3.92. The maximum atomic E-state index is 12.0. The van der Waals surface area contributed by atoms with Crippen molar-refractivity contribution in [2.24, 2.45) is 11.7 Å². The number of benzene rings is 1. The van der Waals surface area contributed by atoms with Gasteiger partial charge in [0, 0.05) is 30.6 Å². The van der Waals surface area contributed by atoms with E-state index in [-0.39, 0.29) is 24.3 Å². The molecule has 2 N–H and O–H groups in total. The van der Waals surface area contributed by atoms with Crippen molar-refractivity contribution < 1.29 is 23.9 Å². The van der Waals surface area contributed by atoms with E-state index in [1.54, 1.807) is 30.2 Å². The molecule has 0 unspecified atom stereocenters. The van der Waals surface area contributed by atoms with Crippen LogP contribution in [0.2, 0.25) is 0 Å². The SMILES string of the molecule is COc1ccccc1/C=C/C(=O)OCC(=O)N1CCC(C(N)=O)CC1. The van der Waals surface area contributed by atoms with Gasteiger partial charge in [-0.15, -0.1) is 0 Å². The van der Waals surface area contributed by atoms with Crippen LogP contribution in [0.1, 0.15) is 18.4 Å². The molecule has 0 spiro atoms. The Kier molecular flexibility index (Phi) is 6.56. The molecular formula is C18H22N2O5. The highest BCUT2D eigenvalue weighted by atomic mass is 16.5. The Morgan fingerprint density at radius 1 is 1.24 bits per heavy atom. The first-order valence-corrected chi connectivity index (χ1v) is 8.06. The second-order valence-electron chi connectivity index (χ2n) is 5.74. The van der Waals surface area contributed by atoms with Crippen LogP contribution in [0.5, 0.6) is 5.75 Å². The van der Waals surface area contributed by atoms with E-state index in [1.807, 2.05) is 12.1 Å². The summed E-state index contributed by atoms with van der Waals surface area (Å²) in [7, 11) is 1.55. The Morgan fingerprint density at radius 3 is 2.56 bits per heavy atom. The predicted octanol–water partition coefficient (Wildman–Crippen LogP) is 0.975. The molecule has 2 amide bonds. The molecule has 0 atom stereocenters. The van der Waals surface area contributed by atoms with E-state index >= 15 is 0 Å². The topological polar surface area (TPSA) is 98.9 Å². The predicted molar refractivity (Wildman–Crippen MR) is 91.5 cm³/mol. The zero-order chi connectivity index (χ0) is 18.2. The zero-order valence-corrected chi connectivity index (χ0v) is 14.1. The van der Waals surface area contributed by atoms with Crippen LogP contribution in [0, 0.1) is 5.92 Å². The largest absolute Gasteiger partial charge is 0.496 e. The summed E-state index contributed by atoms with van der Waals surface area (Å²) >= 11 is 0. The summed E-state index contributed by atoms with van der Waals surface area (Å²) in [5.74, 6) is -0.761. The first kappa shape index (κ1) is 18.5. The molecule has 1 saturated heterocycles. The molecule has 1 aliphatic heterocycles. The van der Waals surface area contributed by atoms with Gasteiger partial charge >= 0.3 is 5.97 Å². The van der Waals surface area contributed by atoms with E-state index in [1.165, 1.54) is 6.08 Å². The number of carbonyl (C=O) groups is 3. The molecule has 1 aromatic rings. The third kappa shape index (κ3) is 5.34. The van der Waals surface area contributed by atoms with Gasteiger partial charge in [-0.25, -0.2) is 4.79 Å². The third-order valence-electron chi connectivity index (χ3n) is 4.13. The highest BCUT2D eigenvalue weighted by Gasteiger charge is 2.26. The number of rotatable bonds is 6. The van der Waals surface area contributed by atoms with Crippen molar-refractivity contribution in [3.8, 4) is 5.75 Å². The van der Waals surface area contributed by atoms with Crippen LogP contribution >= 0.6 is 0 Å². The van der Waals surface area contributed by atoms with Gasteiger partial charge < -0.3 is 20.1 Å². The van der Waals surface area contributed by atoms with Gasteiger partial charge in [-0.1, -0.05) is 18.2 Å². The molecule has 7 nitrogen and oxygen atoms in total. The highest BCUT2D eigenvalue weighted by molar-refractivity contribution is 5.89. The molecule has 2 rings (SSSR count). The lowest BCUT2D eigenvalue weighted by atomic mass is 9.96. The molecule has 0 aromatic heterocycles. The molecule has 1 aliphatic rings. The number of primary amides is 1. The fourth-order valence-corrected chi connectivity index (χ4v) is 2.65. The van der Waals surface area contributed by atoms with Gasteiger partial charge in [0.1, 0.15) is 5.75 Å². The third-order valence-corrected chi connectivity index (χ3v) is 4.13. The maximum absolute atomic E-state index is 12.0. The number of piperidine rings is 1. The number of likely N-dealkylation sites (tertiary alicyclic amines) is 1. The fraction of sp³-hybridized carbons (Fsp3) is 0.389. The molecule has 1 heterocycles. The number of amides is 2. The van der Waals surface area contributed by atoms with Gasteiger partial charge in [-0.2, -0.15) is 0 Å². The number of hydrogen-bond donors (Lipinski definition) is 1. The van der Waals surface area contributed by atoms with E-state index in [9.17, 15) is 14.4 Å². The maximum Gasteiger partial charge on any atom is 0.331 e. The van der Waals surface area contributed by atoms with E-state index < -0.39 is 5.97 Å². The number of para-hydroxylation sites is 1. The minimum absolute atomic E-state index is 0.185. The average molecular weight is 346 g/mol. The van der Waals surface area contributed by atoms with Gasteiger partial charge in [0.15, 0.2) is 6.61 Å². The molecular weight excluding hydrogens is 324 g/mol. The monoisotopic (exact) mass is 346 g/mol.